The van der Waals surface area contributed by atoms with Gasteiger partial charge >= 0.3 is 10.2 Å². The molecule has 0 unspecified atom stereocenters. The summed E-state index contributed by atoms with van der Waals surface area (Å²) in [6, 6.07) is 12.1. The molecule has 0 aliphatic rings. The van der Waals surface area contributed by atoms with Gasteiger partial charge < -0.3 is 4.74 Å². The monoisotopic (exact) mass is 338 g/mol. The average Bonchev–Trinajstić information content (AvgIpc) is 2.44. The number of hydrogen-bond donors (Lipinski definition) is 0. The van der Waals surface area contributed by atoms with Crippen molar-refractivity contribution < 1.29 is 24.2 Å². The molecule has 0 N–H and O–H groups in total. The van der Waals surface area contributed by atoms with Crippen LogP contribution < -0.4 is 0 Å². The van der Waals surface area contributed by atoms with Crippen molar-refractivity contribution in [2.75, 3.05) is 7.11 Å². The van der Waals surface area contributed by atoms with E-state index in [1.165, 1.54) is 7.11 Å². The lowest BCUT2D eigenvalue weighted by atomic mass is 10.0. The van der Waals surface area contributed by atoms with E-state index in [2.05, 4.69) is 0 Å². The minimum Gasteiger partial charge on any atom is -0.376 e. The van der Waals surface area contributed by atoms with E-state index in [0.29, 0.717) is 24.1 Å². The van der Waals surface area contributed by atoms with Crippen LogP contribution in [-0.2, 0) is 11.2 Å². The molecule has 122 valence electrons. The first kappa shape index (κ1) is 16.8. The third-order valence-electron chi connectivity index (χ3n) is 3.25. The van der Waals surface area contributed by atoms with Gasteiger partial charge in [0, 0.05) is 13.5 Å². The summed E-state index contributed by atoms with van der Waals surface area (Å²) in [5, 5.41) is 0. The zero-order chi connectivity index (χ0) is 16.5. The van der Waals surface area contributed by atoms with Crippen LogP contribution in [0.15, 0.2) is 59.5 Å². The smallest absolute Gasteiger partial charge is 0.310 e. The van der Waals surface area contributed by atoms with E-state index >= 15 is 0 Å². The molecule has 0 bridgehead atoms. The molecule has 2 aromatic rings. The summed E-state index contributed by atoms with van der Waals surface area (Å²) >= 11 is 0. The molecule has 7 heteroatoms. The number of ether oxygens (including phenoxy) is 1. The first-order valence-electron chi connectivity index (χ1n) is 6.40. The summed E-state index contributed by atoms with van der Waals surface area (Å²) in [7, 11) is -8.12. The maximum atomic E-state index is 12.6. The Balaban J connectivity index is 2.22. The van der Waals surface area contributed by atoms with Crippen LogP contribution in [0, 0.1) is 0 Å². The molecule has 2 aromatic carbocycles. The number of methoxy groups -OCH3 is 1. The second-order valence-corrected chi connectivity index (χ2v) is 7.36. The van der Waals surface area contributed by atoms with E-state index in [1.807, 2.05) is 30.3 Å². The highest BCUT2D eigenvalue weighted by molar-refractivity contribution is 8.45. The summed E-state index contributed by atoms with van der Waals surface area (Å²) in [6.45, 7) is 0. The third kappa shape index (κ3) is 4.20. The van der Waals surface area contributed by atoms with Crippen LogP contribution in [0.3, 0.4) is 0 Å². The molecule has 0 saturated heterocycles. The fourth-order valence-corrected chi connectivity index (χ4v) is 2.75. The molecule has 0 aliphatic heterocycles. The van der Waals surface area contributed by atoms with Gasteiger partial charge in [-0.15, -0.1) is 0 Å². The number of benzene rings is 2. The third-order valence-corrected chi connectivity index (χ3v) is 4.41. The summed E-state index contributed by atoms with van der Waals surface area (Å²) in [4.78, 5) is -1.88. The van der Waals surface area contributed by atoms with Crippen molar-refractivity contribution in [2.24, 2.45) is 0 Å². The average molecular weight is 338 g/mol. The van der Waals surface area contributed by atoms with E-state index in [4.69, 9.17) is 4.74 Å². The van der Waals surface area contributed by atoms with Gasteiger partial charge in [-0.25, -0.2) is 0 Å². The van der Waals surface area contributed by atoms with E-state index < -0.39 is 15.1 Å². The van der Waals surface area contributed by atoms with E-state index in [1.54, 1.807) is 0 Å². The lowest BCUT2D eigenvalue weighted by Crippen LogP contribution is -2.07. The molecule has 0 spiro atoms. The largest absolute Gasteiger partial charge is 0.376 e. The molecule has 0 aromatic heterocycles. The lowest BCUT2D eigenvalue weighted by Gasteiger charge is -2.40. The summed E-state index contributed by atoms with van der Waals surface area (Å²) in [6.07, 6.45) is -0.0618. The van der Waals surface area contributed by atoms with Crippen molar-refractivity contribution >= 4 is 10.2 Å². The molecule has 1 nitrogen and oxygen atoms in total. The summed E-state index contributed by atoms with van der Waals surface area (Å²) in [5.74, 6) is 0. The van der Waals surface area contributed by atoms with Gasteiger partial charge in [0.05, 0.1) is 6.10 Å². The summed E-state index contributed by atoms with van der Waals surface area (Å²) < 4.78 is 68.6. The van der Waals surface area contributed by atoms with Gasteiger partial charge in [-0.3, -0.25) is 0 Å². The van der Waals surface area contributed by atoms with Gasteiger partial charge in [0.1, 0.15) is 4.90 Å². The van der Waals surface area contributed by atoms with Crippen molar-refractivity contribution in [3.63, 3.8) is 0 Å². The fourth-order valence-electron chi connectivity index (χ4n) is 2.10. The Bertz CT molecular complexity index is 637. The number of hydrogen-bond acceptors (Lipinski definition) is 1. The number of halogens is 5. The molecular weight excluding hydrogens is 323 g/mol. The Labute approximate surface area is 125 Å². The fraction of sp³-hybridized carbons (Fsp3) is 0.200. The lowest BCUT2D eigenvalue weighted by molar-refractivity contribution is 0.104. The summed E-state index contributed by atoms with van der Waals surface area (Å²) in [5.41, 5.74) is 1.35. The predicted molar refractivity (Wildman–Crippen MR) is 77.7 cm³/mol. The quantitative estimate of drug-likeness (QED) is 0.583. The molecule has 22 heavy (non-hydrogen) atoms. The highest BCUT2D eigenvalue weighted by Crippen LogP contribution is 3.02. The van der Waals surface area contributed by atoms with Gasteiger partial charge in [-0.2, -0.15) is 0 Å². The van der Waals surface area contributed by atoms with Crippen LogP contribution in [0.1, 0.15) is 17.2 Å². The van der Waals surface area contributed by atoms with Crippen LogP contribution in [0.2, 0.25) is 0 Å². The van der Waals surface area contributed by atoms with Crippen LogP contribution >= 0.6 is 10.2 Å². The zero-order valence-electron chi connectivity index (χ0n) is 11.7. The number of rotatable bonds is 5. The zero-order valence-corrected chi connectivity index (χ0v) is 12.5. The Kier molecular flexibility index (Phi) is 3.78. The molecule has 0 radical (unpaired) electrons. The van der Waals surface area contributed by atoms with Crippen molar-refractivity contribution in [3.05, 3.63) is 65.7 Å². The van der Waals surface area contributed by atoms with Crippen molar-refractivity contribution in [1.82, 2.24) is 0 Å². The predicted octanol–water partition coefficient (Wildman–Crippen LogP) is 6.27. The van der Waals surface area contributed by atoms with Crippen LogP contribution in [0.5, 0.6) is 0 Å². The van der Waals surface area contributed by atoms with Gasteiger partial charge in [0.2, 0.25) is 0 Å². The van der Waals surface area contributed by atoms with Crippen LogP contribution in [0.4, 0.5) is 19.4 Å². The maximum absolute atomic E-state index is 12.6. The Morgan fingerprint density at radius 2 is 1.41 bits per heavy atom. The van der Waals surface area contributed by atoms with Crippen molar-refractivity contribution in [3.8, 4) is 0 Å². The Hall–Kier alpha value is -1.60. The van der Waals surface area contributed by atoms with Gasteiger partial charge in [0.25, 0.3) is 0 Å². The van der Waals surface area contributed by atoms with Crippen LogP contribution in [0.25, 0.3) is 0 Å². The minimum absolute atomic E-state index is 0.293. The molecule has 0 saturated carbocycles. The second kappa shape index (κ2) is 4.96. The molecule has 2 rings (SSSR count). The van der Waals surface area contributed by atoms with E-state index in [0.717, 1.165) is 17.7 Å². The highest BCUT2D eigenvalue weighted by Gasteiger charge is 2.65. The van der Waals surface area contributed by atoms with E-state index in [-0.39, 0.29) is 6.10 Å². The Morgan fingerprint density at radius 1 is 0.864 bits per heavy atom. The molecule has 0 aliphatic carbocycles. The molecule has 0 fully saturated rings. The standard InChI is InChI=1S/C15H15F5OS/c1-21-15(13-5-3-2-4-6-13)11-12-7-9-14(10-8-12)22(16,17,18,19)20/h2-10,15H,11H2,1H3/t15-/m0/s1. The molecule has 0 amide bonds. The molecule has 1 atom stereocenters. The maximum Gasteiger partial charge on any atom is 0.310 e. The van der Waals surface area contributed by atoms with Gasteiger partial charge in [-0.1, -0.05) is 61.9 Å². The second-order valence-electron chi connectivity index (χ2n) is 4.95. The Morgan fingerprint density at radius 3 is 1.86 bits per heavy atom. The highest BCUT2D eigenvalue weighted by atomic mass is 32.5. The SMILES string of the molecule is CO[C@@H](Cc1ccc(S(F)(F)(F)(F)F)cc1)c1ccccc1. The normalized spacial score (nSPS) is 16.6. The van der Waals surface area contributed by atoms with Crippen molar-refractivity contribution in [2.45, 2.75) is 17.4 Å². The van der Waals surface area contributed by atoms with Crippen molar-refractivity contribution in [1.29, 1.82) is 0 Å². The first-order chi connectivity index (χ1) is 9.99. The van der Waals surface area contributed by atoms with Gasteiger partial charge in [-0.05, 0) is 23.3 Å². The van der Waals surface area contributed by atoms with E-state index in [9.17, 15) is 19.4 Å². The minimum atomic E-state index is -9.61. The van der Waals surface area contributed by atoms with Gasteiger partial charge in [0.15, 0.2) is 0 Å². The topological polar surface area (TPSA) is 9.23 Å². The molecular formula is C15H15F5OS. The van der Waals surface area contributed by atoms with Crippen LogP contribution in [-0.4, -0.2) is 7.11 Å². The molecule has 0 heterocycles. The first-order valence-corrected chi connectivity index (χ1v) is 8.35.